The van der Waals surface area contributed by atoms with E-state index >= 15 is 0 Å². The lowest BCUT2D eigenvalue weighted by Gasteiger charge is -2.20. The smallest absolute Gasteiger partial charge is 0.226 e. The van der Waals surface area contributed by atoms with Crippen molar-refractivity contribution in [2.75, 3.05) is 26.2 Å². The molecule has 0 bridgehead atoms. The molecule has 1 unspecified atom stereocenters. The van der Waals surface area contributed by atoms with Gasteiger partial charge in [-0.2, -0.15) is 0 Å². The van der Waals surface area contributed by atoms with Gasteiger partial charge < -0.3 is 19.0 Å². The number of rotatable bonds is 8. The van der Waals surface area contributed by atoms with Crippen molar-refractivity contribution in [3.05, 3.63) is 36.2 Å². The minimum atomic E-state index is 0.199. The summed E-state index contributed by atoms with van der Waals surface area (Å²) < 4.78 is 11.5. The van der Waals surface area contributed by atoms with Crippen LogP contribution in [0.4, 0.5) is 0 Å². The van der Waals surface area contributed by atoms with Gasteiger partial charge in [-0.1, -0.05) is 0 Å². The first-order chi connectivity index (χ1) is 13.7. The Balaban J connectivity index is 1.25. The summed E-state index contributed by atoms with van der Waals surface area (Å²) in [5.74, 6) is 1.65. The van der Waals surface area contributed by atoms with Crippen LogP contribution in [-0.4, -0.2) is 53.0 Å². The molecular formula is C22H29N3O3. The fourth-order valence-electron chi connectivity index (χ4n) is 4.06. The van der Waals surface area contributed by atoms with Crippen molar-refractivity contribution in [2.45, 2.75) is 51.6 Å². The molecule has 1 aromatic carbocycles. The van der Waals surface area contributed by atoms with Crippen molar-refractivity contribution in [2.24, 2.45) is 0 Å². The zero-order valence-corrected chi connectivity index (χ0v) is 16.6. The van der Waals surface area contributed by atoms with Gasteiger partial charge in [0.2, 0.25) is 11.8 Å². The molecule has 6 heteroatoms. The Morgan fingerprint density at radius 1 is 1.21 bits per heavy atom. The topological polar surface area (TPSA) is 58.8 Å². The van der Waals surface area contributed by atoms with E-state index in [-0.39, 0.29) is 5.91 Å². The van der Waals surface area contributed by atoms with E-state index in [9.17, 15) is 4.79 Å². The van der Waals surface area contributed by atoms with Crippen molar-refractivity contribution < 1.29 is 13.9 Å². The second kappa shape index (κ2) is 8.78. The predicted molar refractivity (Wildman–Crippen MR) is 107 cm³/mol. The standard InChI is InChI=1S/C22H29N3O3/c1-17-5-2-11-24(17)13-4-14-27-20-9-7-18(8-10-20)22-23-19(16-28-22)15-25-12-3-6-21(25)26/h7-10,16-17H,2-6,11-15H2,1H3. The molecule has 1 aromatic heterocycles. The molecule has 0 radical (unpaired) electrons. The second-order valence-electron chi connectivity index (χ2n) is 7.82. The van der Waals surface area contributed by atoms with Gasteiger partial charge >= 0.3 is 0 Å². The Kier molecular flexibility index (Phi) is 5.95. The maximum absolute atomic E-state index is 11.7. The molecule has 6 nitrogen and oxygen atoms in total. The highest BCUT2D eigenvalue weighted by Gasteiger charge is 2.21. The third kappa shape index (κ3) is 4.55. The number of nitrogens with zero attached hydrogens (tertiary/aromatic N) is 3. The molecule has 2 fully saturated rings. The lowest BCUT2D eigenvalue weighted by atomic mass is 10.2. The van der Waals surface area contributed by atoms with Crippen LogP contribution in [0.1, 0.15) is 44.7 Å². The van der Waals surface area contributed by atoms with E-state index in [1.807, 2.05) is 29.2 Å². The normalized spacial score (nSPS) is 20.2. The number of benzene rings is 1. The van der Waals surface area contributed by atoms with Gasteiger partial charge in [0.25, 0.3) is 0 Å². The first kappa shape index (κ1) is 19.0. The van der Waals surface area contributed by atoms with Crippen LogP contribution in [0.3, 0.4) is 0 Å². The van der Waals surface area contributed by atoms with Gasteiger partial charge in [0.15, 0.2) is 0 Å². The van der Waals surface area contributed by atoms with Crippen molar-refractivity contribution >= 4 is 5.91 Å². The van der Waals surface area contributed by atoms with Gasteiger partial charge in [-0.15, -0.1) is 0 Å². The van der Waals surface area contributed by atoms with Crippen molar-refractivity contribution in [1.82, 2.24) is 14.8 Å². The number of ether oxygens (including phenoxy) is 1. The van der Waals surface area contributed by atoms with Crippen molar-refractivity contribution in [3.63, 3.8) is 0 Å². The molecule has 2 saturated heterocycles. The number of likely N-dealkylation sites (tertiary alicyclic amines) is 2. The van der Waals surface area contributed by atoms with Crippen LogP contribution in [-0.2, 0) is 11.3 Å². The highest BCUT2D eigenvalue weighted by molar-refractivity contribution is 5.78. The summed E-state index contributed by atoms with van der Waals surface area (Å²) in [6, 6.07) is 8.57. The lowest BCUT2D eigenvalue weighted by molar-refractivity contribution is -0.128. The fourth-order valence-corrected chi connectivity index (χ4v) is 4.06. The molecule has 2 aliphatic rings. The maximum atomic E-state index is 11.7. The molecule has 3 heterocycles. The molecule has 1 amide bonds. The first-order valence-electron chi connectivity index (χ1n) is 10.4. The average molecular weight is 383 g/mol. The van der Waals surface area contributed by atoms with Gasteiger partial charge in [-0.25, -0.2) is 4.98 Å². The molecule has 1 atom stereocenters. The maximum Gasteiger partial charge on any atom is 0.226 e. The van der Waals surface area contributed by atoms with E-state index in [2.05, 4.69) is 16.8 Å². The van der Waals surface area contributed by atoms with Crippen LogP contribution in [0, 0.1) is 0 Å². The van der Waals surface area contributed by atoms with Crippen LogP contribution >= 0.6 is 0 Å². The first-order valence-corrected chi connectivity index (χ1v) is 10.4. The molecule has 2 aromatic rings. The number of hydrogen-bond acceptors (Lipinski definition) is 5. The Hall–Kier alpha value is -2.34. The Morgan fingerprint density at radius 2 is 2.07 bits per heavy atom. The van der Waals surface area contributed by atoms with E-state index < -0.39 is 0 Å². The molecule has 0 N–H and O–H groups in total. The van der Waals surface area contributed by atoms with E-state index in [1.165, 1.54) is 19.4 Å². The fraction of sp³-hybridized carbons (Fsp3) is 0.545. The third-order valence-electron chi connectivity index (χ3n) is 5.73. The molecule has 0 aliphatic carbocycles. The molecule has 4 rings (SSSR count). The molecular weight excluding hydrogens is 354 g/mol. The Bertz CT molecular complexity index is 787. The number of amides is 1. The second-order valence-corrected chi connectivity index (χ2v) is 7.82. The molecule has 0 spiro atoms. The van der Waals surface area contributed by atoms with E-state index in [4.69, 9.17) is 9.15 Å². The minimum absolute atomic E-state index is 0.199. The summed E-state index contributed by atoms with van der Waals surface area (Å²) >= 11 is 0. The summed E-state index contributed by atoms with van der Waals surface area (Å²) in [5.41, 5.74) is 1.71. The lowest BCUT2D eigenvalue weighted by Crippen LogP contribution is -2.28. The summed E-state index contributed by atoms with van der Waals surface area (Å²) in [6.07, 6.45) is 6.90. The van der Waals surface area contributed by atoms with Crippen molar-refractivity contribution in [3.8, 4) is 17.2 Å². The quantitative estimate of drug-likeness (QED) is 0.650. The SMILES string of the molecule is CC1CCCN1CCCOc1ccc(-c2nc(CN3CCCC3=O)co2)cc1. The van der Waals surface area contributed by atoms with Gasteiger partial charge in [0.1, 0.15) is 12.0 Å². The predicted octanol–water partition coefficient (Wildman–Crippen LogP) is 3.72. The zero-order chi connectivity index (χ0) is 19.3. The van der Waals surface area contributed by atoms with Gasteiger partial charge in [-0.3, -0.25) is 4.79 Å². The van der Waals surface area contributed by atoms with Crippen molar-refractivity contribution in [1.29, 1.82) is 0 Å². The molecule has 150 valence electrons. The summed E-state index contributed by atoms with van der Waals surface area (Å²) in [7, 11) is 0. The van der Waals surface area contributed by atoms with Crippen LogP contribution in [0.15, 0.2) is 34.9 Å². The number of hydrogen-bond donors (Lipinski definition) is 0. The Morgan fingerprint density at radius 3 is 2.79 bits per heavy atom. The van der Waals surface area contributed by atoms with Gasteiger partial charge in [0, 0.05) is 31.1 Å². The van der Waals surface area contributed by atoms with E-state index in [1.54, 1.807) is 6.26 Å². The highest BCUT2D eigenvalue weighted by atomic mass is 16.5. The van der Waals surface area contributed by atoms with Crippen LogP contribution < -0.4 is 4.74 Å². The number of carbonyl (C=O) groups excluding carboxylic acids is 1. The molecule has 2 aliphatic heterocycles. The minimum Gasteiger partial charge on any atom is -0.494 e. The van der Waals surface area contributed by atoms with E-state index in [0.717, 1.165) is 49.5 Å². The number of aromatic nitrogens is 1. The molecule has 0 saturated carbocycles. The monoisotopic (exact) mass is 383 g/mol. The molecule has 28 heavy (non-hydrogen) atoms. The van der Waals surface area contributed by atoms with Gasteiger partial charge in [0.05, 0.1) is 18.8 Å². The Labute approximate surface area is 166 Å². The van der Waals surface area contributed by atoms with Crippen LogP contribution in [0.25, 0.3) is 11.5 Å². The van der Waals surface area contributed by atoms with Crippen LogP contribution in [0.2, 0.25) is 0 Å². The highest BCUT2D eigenvalue weighted by Crippen LogP contribution is 2.23. The third-order valence-corrected chi connectivity index (χ3v) is 5.73. The summed E-state index contributed by atoms with van der Waals surface area (Å²) in [5, 5.41) is 0. The number of carbonyl (C=O) groups is 1. The largest absolute Gasteiger partial charge is 0.494 e. The van der Waals surface area contributed by atoms with Crippen LogP contribution in [0.5, 0.6) is 5.75 Å². The average Bonchev–Trinajstić information content (AvgIpc) is 3.43. The van der Waals surface area contributed by atoms with E-state index in [0.29, 0.717) is 24.9 Å². The van der Waals surface area contributed by atoms with Gasteiger partial charge in [-0.05, 0) is 63.4 Å². The summed E-state index contributed by atoms with van der Waals surface area (Å²) in [6.45, 7) is 6.71. The zero-order valence-electron chi connectivity index (χ0n) is 16.6. The number of oxazole rings is 1. The summed E-state index contributed by atoms with van der Waals surface area (Å²) in [4.78, 5) is 20.6.